The van der Waals surface area contributed by atoms with Gasteiger partial charge < -0.3 is 5.32 Å². The summed E-state index contributed by atoms with van der Waals surface area (Å²) in [5, 5.41) is 5.06. The Morgan fingerprint density at radius 2 is 1.66 bits per heavy atom. The van der Waals surface area contributed by atoms with Gasteiger partial charge in [-0.15, -0.1) is 0 Å². The molecule has 0 unspecified atom stereocenters. The molecule has 0 saturated heterocycles. The fourth-order valence-electron chi connectivity index (χ4n) is 3.46. The van der Waals surface area contributed by atoms with E-state index in [1.165, 1.54) is 4.31 Å². The van der Waals surface area contributed by atoms with E-state index in [2.05, 4.69) is 5.32 Å². The standard InChI is InChI=1S/C23H26N2O3S/c1-4-18-12-14-21(15-13-18)25(29(3,27)28)17(2)23(26)24-16-20-10-7-9-19-8-5-6-11-22(19)20/h5-15,17H,4,16H2,1-3H3,(H,24,26)/t17-/m1/s1. The molecule has 0 bridgehead atoms. The number of aryl methyl sites for hydroxylation is 1. The van der Waals surface area contributed by atoms with Crippen LogP contribution < -0.4 is 9.62 Å². The van der Waals surface area contributed by atoms with Gasteiger partial charge in [-0.05, 0) is 47.4 Å². The van der Waals surface area contributed by atoms with E-state index in [0.29, 0.717) is 12.2 Å². The highest BCUT2D eigenvalue weighted by molar-refractivity contribution is 7.92. The molecule has 1 N–H and O–H groups in total. The number of fused-ring (bicyclic) bond motifs is 1. The van der Waals surface area contributed by atoms with E-state index in [-0.39, 0.29) is 5.91 Å². The van der Waals surface area contributed by atoms with E-state index >= 15 is 0 Å². The summed E-state index contributed by atoms with van der Waals surface area (Å²) in [6.07, 6.45) is 1.98. The maximum absolute atomic E-state index is 12.8. The topological polar surface area (TPSA) is 66.5 Å². The van der Waals surface area contributed by atoms with Crippen LogP contribution in [0.2, 0.25) is 0 Å². The predicted molar refractivity (Wildman–Crippen MR) is 118 cm³/mol. The van der Waals surface area contributed by atoms with Gasteiger partial charge >= 0.3 is 0 Å². The van der Waals surface area contributed by atoms with Crippen LogP contribution in [0.3, 0.4) is 0 Å². The fourth-order valence-corrected chi connectivity index (χ4v) is 4.64. The van der Waals surface area contributed by atoms with Gasteiger partial charge in [-0.25, -0.2) is 8.42 Å². The van der Waals surface area contributed by atoms with Gasteiger partial charge in [-0.2, -0.15) is 0 Å². The van der Waals surface area contributed by atoms with Crippen molar-refractivity contribution in [1.29, 1.82) is 0 Å². The molecule has 6 heteroatoms. The molecule has 0 radical (unpaired) electrons. The van der Waals surface area contributed by atoms with Gasteiger partial charge in [0.05, 0.1) is 11.9 Å². The number of amides is 1. The Morgan fingerprint density at radius 3 is 2.31 bits per heavy atom. The molecule has 152 valence electrons. The lowest BCUT2D eigenvalue weighted by atomic mass is 10.0. The highest BCUT2D eigenvalue weighted by Crippen LogP contribution is 2.22. The summed E-state index contributed by atoms with van der Waals surface area (Å²) in [7, 11) is -3.63. The van der Waals surface area contributed by atoms with Crippen molar-refractivity contribution in [2.45, 2.75) is 32.9 Å². The number of rotatable bonds is 7. The van der Waals surface area contributed by atoms with Gasteiger partial charge in [-0.3, -0.25) is 9.10 Å². The summed E-state index contributed by atoms with van der Waals surface area (Å²) in [6.45, 7) is 3.97. The second-order valence-electron chi connectivity index (χ2n) is 7.11. The van der Waals surface area contributed by atoms with E-state index in [4.69, 9.17) is 0 Å². The Balaban J connectivity index is 1.80. The quantitative estimate of drug-likeness (QED) is 0.643. The zero-order valence-electron chi connectivity index (χ0n) is 16.9. The molecule has 0 aliphatic rings. The van der Waals surface area contributed by atoms with Gasteiger partial charge in [0.2, 0.25) is 15.9 Å². The van der Waals surface area contributed by atoms with Crippen LogP contribution in [0.5, 0.6) is 0 Å². The zero-order chi connectivity index (χ0) is 21.0. The molecule has 0 fully saturated rings. The lowest BCUT2D eigenvalue weighted by molar-refractivity contribution is -0.122. The first kappa shape index (κ1) is 20.9. The summed E-state index contributed by atoms with van der Waals surface area (Å²) in [6, 6.07) is 20.3. The van der Waals surface area contributed by atoms with Gasteiger partial charge in [0.1, 0.15) is 6.04 Å². The van der Waals surface area contributed by atoms with Crippen molar-refractivity contribution in [3.05, 3.63) is 77.9 Å². The molecule has 0 aromatic heterocycles. The normalized spacial score (nSPS) is 12.5. The first-order chi connectivity index (χ1) is 13.8. The van der Waals surface area contributed by atoms with Crippen molar-refractivity contribution in [1.82, 2.24) is 5.32 Å². The van der Waals surface area contributed by atoms with Gasteiger partial charge in [0.15, 0.2) is 0 Å². The Bertz CT molecular complexity index is 1100. The fraction of sp³-hybridized carbons (Fsp3) is 0.261. The van der Waals surface area contributed by atoms with Crippen LogP contribution in [0.4, 0.5) is 5.69 Å². The van der Waals surface area contributed by atoms with Crippen molar-refractivity contribution < 1.29 is 13.2 Å². The Kier molecular flexibility index (Phi) is 6.23. The van der Waals surface area contributed by atoms with Crippen molar-refractivity contribution >= 4 is 32.4 Å². The molecule has 29 heavy (non-hydrogen) atoms. The molecular formula is C23H26N2O3S. The highest BCUT2D eigenvalue weighted by atomic mass is 32.2. The molecule has 0 saturated carbocycles. The molecule has 3 aromatic carbocycles. The SMILES string of the molecule is CCc1ccc(N([C@H](C)C(=O)NCc2cccc3ccccc23)S(C)(=O)=O)cc1. The van der Waals surface area contributed by atoms with Crippen molar-refractivity contribution in [3.63, 3.8) is 0 Å². The Labute approximate surface area is 172 Å². The van der Waals surface area contributed by atoms with Crippen molar-refractivity contribution in [2.24, 2.45) is 0 Å². The number of sulfonamides is 1. The largest absolute Gasteiger partial charge is 0.350 e. The number of hydrogen-bond donors (Lipinski definition) is 1. The second-order valence-corrected chi connectivity index (χ2v) is 8.97. The Morgan fingerprint density at radius 1 is 1.00 bits per heavy atom. The van der Waals surface area contributed by atoms with E-state index in [9.17, 15) is 13.2 Å². The van der Waals surface area contributed by atoms with E-state index in [0.717, 1.165) is 34.6 Å². The summed E-state index contributed by atoms with van der Waals surface area (Å²) < 4.78 is 26.0. The molecular weight excluding hydrogens is 384 g/mol. The lowest BCUT2D eigenvalue weighted by Crippen LogP contribution is -2.47. The summed E-state index contributed by atoms with van der Waals surface area (Å²) in [4.78, 5) is 12.8. The van der Waals surface area contributed by atoms with E-state index in [1.54, 1.807) is 19.1 Å². The van der Waals surface area contributed by atoms with Gasteiger partial charge in [0.25, 0.3) is 0 Å². The maximum atomic E-state index is 12.8. The number of hydrogen-bond acceptors (Lipinski definition) is 3. The third kappa shape index (κ3) is 4.77. The molecule has 3 aromatic rings. The number of nitrogens with one attached hydrogen (secondary N) is 1. The van der Waals surface area contributed by atoms with E-state index < -0.39 is 16.1 Å². The van der Waals surface area contributed by atoms with Crippen LogP contribution in [-0.4, -0.2) is 26.6 Å². The minimum atomic E-state index is -3.63. The molecule has 1 amide bonds. The minimum Gasteiger partial charge on any atom is -0.350 e. The molecule has 0 spiro atoms. The molecule has 1 atom stereocenters. The van der Waals surface area contributed by atoms with Crippen molar-refractivity contribution in [3.8, 4) is 0 Å². The maximum Gasteiger partial charge on any atom is 0.243 e. The summed E-state index contributed by atoms with van der Waals surface area (Å²) in [5.74, 6) is -0.345. The average Bonchev–Trinajstić information content (AvgIpc) is 2.71. The van der Waals surface area contributed by atoms with Crippen LogP contribution in [-0.2, 0) is 27.8 Å². The van der Waals surface area contributed by atoms with Crippen LogP contribution in [0.25, 0.3) is 10.8 Å². The monoisotopic (exact) mass is 410 g/mol. The Hall–Kier alpha value is -2.86. The number of anilines is 1. The summed E-state index contributed by atoms with van der Waals surface area (Å²) in [5.41, 5.74) is 2.58. The zero-order valence-corrected chi connectivity index (χ0v) is 17.7. The third-order valence-electron chi connectivity index (χ3n) is 5.02. The smallest absolute Gasteiger partial charge is 0.243 e. The van der Waals surface area contributed by atoms with Crippen LogP contribution in [0.1, 0.15) is 25.0 Å². The molecule has 3 rings (SSSR count). The van der Waals surface area contributed by atoms with Crippen LogP contribution >= 0.6 is 0 Å². The predicted octanol–water partition coefficient (Wildman–Crippen LogP) is 3.87. The number of carbonyl (C=O) groups excluding carboxylic acids is 1. The van der Waals surface area contributed by atoms with Gasteiger partial charge in [0, 0.05) is 6.54 Å². The first-order valence-electron chi connectivity index (χ1n) is 9.64. The number of nitrogens with zero attached hydrogens (tertiary/aromatic N) is 1. The lowest BCUT2D eigenvalue weighted by Gasteiger charge is -2.28. The third-order valence-corrected chi connectivity index (χ3v) is 6.26. The molecule has 5 nitrogen and oxygen atoms in total. The summed E-state index contributed by atoms with van der Waals surface area (Å²) >= 11 is 0. The molecule has 0 heterocycles. The van der Waals surface area contributed by atoms with Gasteiger partial charge in [-0.1, -0.05) is 61.5 Å². The average molecular weight is 411 g/mol. The minimum absolute atomic E-state index is 0.330. The van der Waals surface area contributed by atoms with E-state index in [1.807, 2.05) is 61.5 Å². The van der Waals surface area contributed by atoms with Crippen molar-refractivity contribution in [2.75, 3.05) is 10.6 Å². The number of benzene rings is 3. The molecule has 0 aliphatic carbocycles. The first-order valence-corrected chi connectivity index (χ1v) is 11.5. The van der Waals surface area contributed by atoms with Crippen LogP contribution in [0.15, 0.2) is 66.7 Å². The highest BCUT2D eigenvalue weighted by Gasteiger charge is 2.29. The second kappa shape index (κ2) is 8.66. The number of carbonyl (C=O) groups is 1. The van der Waals surface area contributed by atoms with Crippen LogP contribution in [0, 0.1) is 0 Å². The molecule has 0 aliphatic heterocycles.